The number of aromatic hydroxyl groups is 1. The van der Waals surface area contributed by atoms with Crippen molar-refractivity contribution in [2.75, 3.05) is 20.3 Å². The molecule has 33 heavy (non-hydrogen) atoms. The van der Waals surface area contributed by atoms with E-state index in [4.69, 9.17) is 15.2 Å². The lowest BCUT2D eigenvalue weighted by Gasteiger charge is -2.17. The number of rotatable bonds is 10. The molecule has 4 N–H and O–H groups in total. The van der Waals surface area contributed by atoms with E-state index in [1.165, 1.54) is 13.2 Å². The number of esters is 1. The van der Waals surface area contributed by atoms with Crippen molar-refractivity contribution in [3.8, 4) is 11.5 Å². The van der Waals surface area contributed by atoms with E-state index < -0.39 is 17.9 Å². The van der Waals surface area contributed by atoms with Gasteiger partial charge in [0.2, 0.25) is 0 Å². The predicted octanol–water partition coefficient (Wildman–Crippen LogP) is 3.60. The van der Waals surface area contributed by atoms with Gasteiger partial charge in [-0.1, -0.05) is 42.5 Å². The summed E-state index contributed by atoms with van der Waals surface area (Å²) in [5.41, 5.74) is 6.46. The maximum Gasteiger partial charge on any atom is 0.328 e. The molecule has 0 unspecified atom stereocenters. The highest BCUT2D eigenvalue weighted by Gasteiger charge is 2.24. The third-order valence-electron chi connectivity index (χ3n) is 5.13. The minimum Gasteiger partial charge on any atom is -0.507 e. The molecular formula is C25H29ClN2O5. The molecule has 0 saturated heterocycles. The van der Waals surface area contributed by atoms with Crippen LogP contribution in [-0.4, -0.2) is 43.3 Å². The maximum absolute atomic E-state index is 12.9. The van der Waals surface area contributed by atoms with Crippen molar-refractivity contribution in [1.82, 2.24) is 5.32 Å². The Morgan fingerprint density at radius 2 is 1.82 bits per heavy atom. The van der Waals surface area contributed by atoms with Gasteiger partial charge < -0.3 is 25.6 Å². The molecule has 0 heterocycles. The summed E-state index contributed by atoms with van der Waals surface area (Å²) in [6, 6.07) is 17.0. The number of hydrogen-bond acceptors (Lipinski definition) is 6. The highest BCUT2D eigenvalue weighted by atomic mass is 35.5. The fourth-order valence-electron chi connectivity index (χ4n) is 3.44. The Morgan fingerprint density at radius 3 is 2.52 bits per heavy atom. The Labute approximate surface area is 199 Å². The number of nitrogens with one attached hydrogen (secondary N) is 1. The normalized spacial score (nSPS) is 11.3. The van der Waals surface area contributed by atoms with E-state index in [9.17, 15) is 14.7 Å². The molecule has 176 valence electrons. The standard InChI is InChI=1S/C25H28N2O5.ClH/c1-31-25(30)21(14-17-8-3-2-4-9-17)27-24(29)20-15-18-10-7-11-23(19(18)16-22(20)28)32-13-6-5-12-26;/h2-4,7-11,15-16,21,28H,5-6,12-14,26H2,1H3,(H,27,29);1H/t21-;/m0./s1. The highest BCUT2D eigenvalue weighted by Crippen LogP contribution is 2.32. The quantitative estimate of drug-likeness (QED) is 0.307. The van der Waals surface area contributed by atoms with Crippen LogP contribution in [0, 0.1) is 0 Å². The summed E-state index contributed by atoms with van der Waals surface area (Å²) in [4.78, 5) is 25.2. The number of phenols is 1. The zero-order valence-electron chi connectivity index (χ0n) is 18.5. The molecule has 0 aliphatic rings. The van der Waals surface area contributed by atoms with E-state index in [2.05, 4.69) is 5.32 Å². The van der Waals surface area contributed by atoms with Crippen molar-refractivity contribution in [1.29, 1.82) is 0 Å². The zero-order valence-corrected chi connectivity index (χ0v) is 19.3. The van der Waals surface area contributed by atoms with Gasteiger partial charge >= 0.3 is 5.97 Å². The molecule has 3 aromatic rings. The Hall–Kier alpha value is -3.29. The van der Waals surface area contributed by atoms with Gasteiger partial charge in [0, 0.05) is 11.8 Å². The molecule has 8 heteroatoms. The lowest BCUT2D eigenvalue weighted by Crippen LogP contribution is -2.43. The zero-order chi connectivity index (χ0) is 22.9. The average Bonchev–Trinajstić information content (AvgIpc) is 2.81. The van der Waals surface area contributed by atoms with Gasteiger partial charge in [-0.25, -0.2) is 4.79 Å². The lowest BCUT2D eigenvalue weighted by molar-refractivity contribution is -0.142. The molecule has 0 aliphatic carbocycles. The third kappa shape index (κ3) is 6.84. The van der Waals surface area contributed by atoms with E-state index in [0.29, 0.717) is 24.3 Å². The van der Waals surface area contributed by atoms with Gasteiger partial charge in [-0.3, -0.25) is 4.79 Å². The summed E-state index contributed by atoms with van der Waals surface area (Å²) in [7, 11) is 1.27. The van der Waals surface area contributed by atoms with Gasteiger partial charge in [-0.2, -0.15) is 0 Å². The van der Waals surface area contributed by atoms with Gasteiger partial charge in [0.1, 0.15) is 17.5 Å². The van der Waals surface area contributed by atoms with Crippen LogP contribution in [0.3, 0.4) is 0 Å². The van der Waals surface area contributed by atoms with Crippen molar-refractivity contribution in [3.63, 3.8) is 0 Å². The average molecular weight is 473 g/mol. The van der Waals surface area contributed by atoms with Crippen molar-refractivity contribution < 1.29 is 24.2 Å². The van der Waals surface area contributed by atoms with Gasteiger partial charge in [0.05, 0.1) is 19.3 Å². The number of phenolic OH excluding ortho intramolecular Hbond substituents is 1. The van der Waals surface area contributed by atoms with Crippen LogP contribution in [0.1, 0.15) is 28.8 Å². The Morgan fingerprint density at radius 1 is 1.06 bits per heavy atom. The Kier molecular flexibility index (Phi) is 9.97. The number of hydrogen-bond donors (Lipinski definition) is 3. The van der Waals surface area contributed by atoms with Crippen LogP contribution in [0.4, 0.5) is 0 Å². The fraction of sp³-hybridized carbons (Fsp3) is 0.280. The number of halogens is 1. The number of carbonyl (C=O) groups excluding carboxylic acids is 2. The first-order chi connectivity index (χ1) is 15.5. The smallest absolute Gasteiger partial charge is 0.328 e. The molecule has 7 nitrogen and oxygen atoms in total. The second kappa shape index (κ2) is 12.7. The van der Waals surface area contributed by atoms with Crippen LogP contribution in [0.5, 0.6) is 11.5 Å². The molecule has 0 saturated carbocycles. The van der Waals surface area contributed by atoms with E-state index in [0.717, 1.165) is 23.8 Å². The number of carbonyl (C=O) groups is 2. The van der Waals surface area contributed by atoms with E-state index in [-0.39, 0.29) is 30.1 Å². The Bertz CT molecular complexity index is 1080. The van der Waals surface area contributed by atoms with Gasteiger partial charge in [0.15, 0.2) is 0 Å². The molecule has 1 amide bonds. The molecule has 0 radical (unpaired) electrons. The summed E-state index contributed by atoms with van der Waals surface area (Å²) in [5, 5.41) is 14.7. The van der Waals surface area contributed by atoms with Gasteiger partial charge in [-0.05, 0) is 48.5 Å². The number of ether oxygens (including phenoxy) is 2. The predicted molar refractivity (Wildman–Crippen MR) is 130 cm³/mol. The summed E-state index contributed by atoms with van der Waals surface area (Å²) in [5.74, 6) is -0.699. The molecule has 3 aromatic carbocycles. The number of benzene rings is 3. The summed E-state index contributed by atoms with van der Waals surface area (Å²) in [6.45, 7) is 1.12. The van der Waals surface area contributed by atoms with Crippen molar-refractivity contribution in [3.05, 3.63) is 71.8 Å². The van der Waals surface area contributed by atoms with E-state index >= 15 is 0 Å². The summed E-state index contributed by atoms with van der Waals surface area (Å²) >= 11 is 0. The van der Waals surface area contributed by atoms with Gasteiger partial charge in [0.25, 0.3) is 5.91 Å². The van der Waals surface area contributed by atoms with E-state index in [1.54, 1.807) is 6.07 Å². The molecule has 1 atom stereocenters. The molecule has 3 rings (SSSR count). The van der Waals surface area contributed by atoms with Crippen LogP contribution in [0.2, 0.25) is 0 Å². The monoisotopic (exact) mass is 472 g/mol. The molecule has 0 aromatic heterocycles. The second-order valence-electron chi connectivity index (χ2n) is 7.43. The van der Waals surface area contributed by atoms with Crippen LogP contribution >= 0.6 is 12.4 Å². The highest BCUT2D eigenvalue weighted by molar-refractivity contribution is 6.03. The van der Waals surface area contributed by atoms with Crippen LogP contribution in [-0.2, 0) is 16.0 Å². The minimum absolute atomic E-state index is 0. The van der Waals surface area contributed by atoms with Crippen molar-refractivity contribution >= 4 is 35.1 Å². The van der Waals surface area contributed by atoms with Crippen LogP contribution < -0.4 is 15.8 Å². The molecule has 0 fully saturated rings. The first-order valence-electron chi connectivity index (χ1n) is 10.5. The molecule has 0 bridgehead atoms. The van der Waals surface area contributed by atoms with Crippen LogP contribution in [0.25, 0.3) is 10.8 Å². The largest absolute Gasteiger partial charge is 0.507 e. The maximum atomic E-state index is 12.9. The van der Waals surface area contributed by atoms with Crippen LogP contribution in [0.15, 0.2) is 60.7 Å². The topological polar surface area (TPSA) is 111 Å². The van der Waals surface area contributed by atoms with Gasteiger partial charge in [-0.15, -0.1) is 12.4 Å². The molecular weight excluding hydrogens is 444 g/mol. The molecule has 0 aliphatic heterocycles. The fourth-order valence-corrected chi connectivity index (χ4v) is 3.44. The number of methoxy groups -OCH3 is 1. The van der Waals surface area contributed by atoms with Crippen molar-refractivity contribution in [2.45, 2.75) is 25.3 Å². The molecule has 0 spiro atoms. The first-order valence-corrected chi connectivity index (χ1v) is 10.5. The number of nitrogens with two attached hydrogens (primary N) is 1. The second-order valence-corrected chi connectivity index (χ2v) is 7.43. The SMILES string of the molecule is COC(=O)[C@H](Cc1ccccc1)NC(=O)c1cc2cccc(OCCCCN)c2cc1O.Cl. The number of unbranched alkanes of at least 4 members (excludes halogenated alkanes) is 1. The summed E-state index contributed by atoms with van der Waals surface area (Å²) in [6.07, 6.45) is 1.97. The van der Waals surface area contributed by atoms with E-state index in [1.807, 2.05) is 48.5 Å². The number of amides is 1. The summed E-state index contributed by atoms with van der Waals surface area (Å²) < 4.78 is 10.7. The van der Waals surface area contributed by atoms with Crippen molar-refractivity contribution in [2.24, 2.45) is 5.73 Å². The Balaban J connectivity index is 0.00000385. The third-order valence-corrected chi connectivity index (χ3v) is 5.13. The number of fused-ring (bicyclic) bond motifs is 1. The minimum atomic E-state index is -0.887. The lowest BCUT2D eigenvalue weighted by atomic mass is 10.0. The first kappa shape index (κ1) is 26.0.